The first-order valence-electron chi connectivity index (χ1n) is 5.97. The van der Waals surface area contributed by atoms with Crippen LogP contribution in [0, 0.1) is 0 Å². The van der Waals surface area contributed by atoms with Crippen LogP contribution in [0.5, 0.6) is 0 Å². The Kier molecular flexibility index (Phi) is 4.61. The zero-order chi connectivity index (χ0) is 14.0. The summed E-state index contributed by atoms with van der Waals surface area (Å²) in [6.45, 7) is 1.40. The van der Waals surface area contributed by atoms with Gasteiger partial charge in [0.2, 0.25) is 0 Å². The first-order chi connectivity index (χ1) is 8.24. The van der Waals surface area contributed by atoms with E-state index in [1.165, 1.54) is 4.90 Å². The van der Waals surface area contributed by atoms with Gasteiger partial charge in [-0.05, 0) is 25.8 Å². The molecule has 1 fully saturated rings. The van der Waals surface area contributed by atoms with Crippen LogP contribution in [0.4, 0.5) is 13.2 Å². The first-order valence-corrected chi connectivity index (χ1v) is 5.97. The molecule has 7 heteroatoms. The number of hydrogen-bond donors (Lipinski definition) is 2. The molecule has 0 bridgehead atoms. The lowest BCUT2D eigenvalue weighted by Crippen LogP contribution is -2.54. The number of aliphatic carboxylic acids is 1. The number of nitrogens with zero attached hydrogens (tertiary/aromatic N) is 1. The Morgan fingerprint density at radius 2 is 2.11 bits per heavy atom. The molecular weight excluding hydrogens is 251 g/mol. The topological polar surface area (TPSA) is 60.8 Å². The number of aliphatic hydroxyl groups excluding tert-OH is 1. The molecule has 4 nitrogen and oxygen atoms in total. The third-order valence-corrected chi connectivity index (χ3v) is 3.46. The maximum Gasteiger partial charge on any atom is 0.415 e. The van der Waals surface area contributed by atoms with Crippen molar-refractivity contribution in [2.24, 2.45) is 0 Å². The van der Waals surface area contributed by atoms with E-state index in [0.29, 0.717) is 25.7 Å². The van der Waals surface area contributed by atoms with Gasteiger partial charge in [-0.2, -0.15) is 13.2 Å². The highest BCUT2D eigenvalue weighted by Gasteiger charge is 2.50. The van der Waals surface area contributed by atoms with Crippen LogP contribution in [0.1, 0.15) is 32.6 Å². The standard InChI is InChI=1S/C11H18F3NO3/c1-2-4-10(9(17)18)5-3-6-15(10)7-8(16)11(12,13)14/h8,16H,2-7H2,1H3,(H,17,18). The molecule has 0 spiro atoms. The number of rotatable bonds is 5. The fraction of sp³-hybridized carbons (Fsp3) is 0.909. The molecule has 1 aliphatic heterocycles. The lowest BCUT2D eigenvalue weighted by Gasteiger charge is -2.36. The summed E-state index contributed by atoms with van der Waals surface area (Å²) in [5, 5.41) is 18.3. The third-order valence-electron chi connectivity index (χ3n) is 3.46. The van der Waals surface area contributed by atoms with Crippen molar-refractivity contribution in [2.75, 3.05) is 13.1 Å². The second kappa shape index (κ2) is 5.44. The van der Waals surface area contributed by atoms with E-state index in [9.17, 15) is 23.1 Å². The fourth-order valence-corrected chi connectivity index (χ4v) is 2.56. The van der Waals surface area contributed by atoms with E-state index >= 15 is 0 Å². The molecule has 0 aromatic heterocycles. The second-order valence-corrected chi connectivity index (χ2v) is 4.69. The maximum atomic E-state index is 12.3. The molecule has 2 atom stereocenters. The van der Waals surface area contributed by atoms with Crippen LogP contribution in [-0.4, -0.2) is 52.0 Å². The molecule has 0 amide bonds. The van der Waals surface area contributed by atoms with E-state index in [2.05, 4.69) is 0 Å². The highest BCUT2D eigenvalue weighted by Crippen LogP contribution is 2.35. The zero-order valence-corrected chi connectivity index (χ0v) is 10.2. The summed E-state index contributed by atoms with van der Waals surface area (Å²) in [6, 6.07) is 0. The third kappa shape index (κ3) is 2.95. The zero-order valence-electron chi connectivity index (χ0n) is 10.2. The Morgan fingerprint density at radius 3 is 2.56 bits per heavy atom. The van der Waals surface area contributed by atoms with Gasteiger partial charge in [0.1, 0.15) is 5.54 Å². The number of hydrogen-bond acceptors (Lipinski definition) is 3. The number of carboxylic acid groups (broad SMARTS) is 1. The van der Waals surface area contributed by atoms with E-state index in [4.69, 9.17) is 5.11 Å². The SMILES string of the molecule is CCCC1(C(=O)O)CCCN1CC(O)C(F)(F)F. The number of carbonyl (C=O) groups is 1. The summed E-state index contributed by atoms with van der Waals surface area (Å²) < 4.78 is 37.0. The first kappa shape index (κ1) is 15.2. The van der Waals surface area contributed by atoms with E-state index in [1.54, 1.807) is 6.92 Å². The largest absolute Gasteiger partial charge is 0.480 e. The Bertz CT molecular complexity index is 308. The molecule has 0 aromatic rings. The Labute approximate surface area is 103 Å². The molecule has 0 aromatic carbocycles. The summed E-state index contributed by atoms with van der Waals surface area (Å²) in [6.07, 6.45) is -5.46. The van der Waals surface area contributed by atoms with Gasteiger partial charge in [-0.25, -0.2) is 0 Å². The van der Waals surface area contributed by atoms with Crippen molar-refractivity contribution in [2.45, 2.75) is 50.4 Å². The van der Waals surface area contributed by atoms with Crippen LogP contribution in [-0.2, 0) is 4.79 Å². The number of aliphatic hydroxyl groups is 1. The second-order valence-electron chi connectivity index (χ2n) is 4.69. The van der Waals surface area contributed by atoms with Crippen molar-refractivity contribution in [1.29, 1.82) is 0 Å². The summed E-state index contributed by atoms with van der Waals surface area (Å²) in [7, 11) is 0. The lowest BCUT2D eigenvalue weighted by atomic mass is 9.90. The number of β-amino-alcohol motifs (C(OH)–C–C–N with tert-alkyl or cyclic N) is 1. The molecular formula is C11H18F3NO3. The fourth-order valence-electron chi connectivity index (χ4n) is 2.56. The molecule has 0 aliphatic carbocycles. The van der Waals surface area contributed by atoms with Crippen molar-refractivity contribution in [1.82, 2.24) is 4.90 Å². The van der Waals surface area contributed by atoms with Gasteiger partial charge in [-0.1, -0.05) is 13.3 Å². The van der Waals surface area contributed by atoms with Crippen LogP contribution in [0.3, 0.4) is 0 Å². The maximum absolute atomic E-state index is 12.3. The molecule has 2 unspecified atom stereocenters. The average Bonchev–Trinajstić information content (AvgIpc) is 2.62. The van der Waals surface area contributed by atoms with Crippen molar-refractivity contribution >= 4 is 5.97 Å². The van der Waals surface area contributed by atoms with Crippen LogP contribution >= 0.6 is 0 Å². The van der Waals surface area contributed by atoms with Crippen molar-refractivity contribution in [3.8, 4) is 0 Å². The molecule has 1 rings (SSSR count). The Balaban J connectivity index is 2.83. The molecule has 0 saturated carbocycles. The number of likely N-dealkylation sites (tertiary alicyclic amines) is 1. The van der Waals surface area contributed by atoms with Crippen LogP contribution in [0.2, 0.25) is 0 Å². The predicted molar refractivity (Wildman–Crippen MR) is 58.1 cm³/mol. The molecule has 1 saturated heterocycles. The van der Waals surface area contributed by atoms with Crippen LogP contribution in [0.15, 0.2) is 0 Å². The summed E-state index contributed by atoms with van der Waals surface area (Å²) >= 11 is 0. The number of alkyl halides is 3. The van der Waals surface area contributed by atoms with Gasteiger partial charge in [-0.15, -0.1) is 0 Å². The Morgan fingerprint density at radius 1 is 1.50 bits per heavy atom. The van der Waals surface area contributed by atoms with E-state index in [-0.39, 0.29) is 6.54 Å². The van der Waals surface area contributed by atoms with Crippen molar-refractivity contribution in [3.05, 3.63) is 0 Å². The molecule has 18 heavy (non-hydrogen) atoms. The number of halogens is 3. The highest BCUT2D eigenvalue weighted by atomic mass is 19.4. The van der Waals surface area contributed by atoms with Crippen LogP contribution in [0.25, 0.3) is 0 Å². The van der Waals surface area contributed by atoms with E-state index < -0.39 is 30.3 Å². The monoisotopic (exact) mass is 269 g/mol. The highest BCUT2D eigenvalue weighted by molar-refractivity contribution is 5.79. The normalized spacial score (nSPS) is 27.4. The molecule has 2 N–H and O–H groups in total. The summed E-state index contributed by atoms with van der Waals surface area (Å²) in [5.74, 6) is -1.10. The smallest absolute Gasteiger partial charge is 0.415 e. The van der Waals surface area contributed by atoms with Gasteiger partial charge in [0.15, 0.2) is 6.10 Å². The Hall–Kier alpha value is -0.820. The number of carboxylic acids is 1. The van der Waals surface area contributed by atoms with Gasteiger partial charge in [0, 0.05) is 6.54 Å². The quantitative estimate of drug-likeness (QED) is 0.796. The summed E-state index contributed by atoms with van der Waals surface area (Å²) in [5.41, 5.74) is -1.25. The van der Waals surface area contributed by atoms with Gasteiger partial charge < -0.3 is 10.2 Å². The minimum Gasteiger partial charge on any atom is -0.480 e. The molecule has 106 valence electrons. The van der Waals surface area contributed by atoms with Gasteiger partial charge in [0.25, 0.3) is 0 Å². The van der Waals surface area contributed by atoms with Gasteiger partial charge >= 0.3 is 12.1 Å². The minimum atomic E-state index is -4.71. The summed E-state index contributed by atoms with van der Waals surface area (Å²) in [4.78, 5) is 12.6. The minimum absolute atomic E-state index is 0.277. The van der Waals surface area contributed by atoms with E-state index in [0.717, 1.165) is 0 Å². The molecule has 0 radical (unpaired) electrons. The molecule has 1 aliphatic rings. The predicted octanol–water partition coefficient (Wildman–Crippen LogP) is 1.63. The average molecular weight is 269 g/mol. The molecule has 1 heterocycles. The van der Waals surface area contributed by atoms with Crippen molar-refractivity contribution in [3.63, 3.8) is 0 Å². The van der Waals surface area contributed by atoms with Crippen molar-refractivity contribution < 1.29 is 28.2 Å². The van der Waals surface area contributed by atoms with Gasteiger partial charge in [0.05, 0.1) is 0 Å². The van der Waals surface area contributed by atoms with Gasteiger partial charge in [-0.3, -0.25) is 9.69 Å². The lowest BCUT2D eigenvalue weighted by molar-refractivity contribution is -0.211. The van der Waals surface area contributed by atoms with Crippen LogP contribution < -0.4 is 0 Å². The van der Waals surface area contributed by atoms with E-state index in [1.807, 2.05) is 0 Å².